The summed E-state index contributed by atoms with van der Waals surface area (Å²) in [5.41, 5.74) is 0.536. The minimum Gasteiger partial charge on any atom is -0.435 e. The van der Waals surface area contributed by atoms with Crippen molar-refractivity contribution in [2.75, 3.05) is 18.0 Å². The highest BCUT2D eigenvalue weighted by Crippen LogP contribution is 2.35. The molecule has 1 atom stereocenters. The van der Waals surface area contributed by atoms with Gasteiger partial charge < -0.3 is 9.84 Å². The minimum atomic E-state index is -2.86. The van der Waals surface area contributed by atoms with Crippen molar-refractivity contribution in [3.05, 3.63) is 60.2 Å². The van der Waals surface area contributed by atoms with Crippen molar-refractivity contribution in [1.29, 1.82) is 0 Å². The Balaban J connectivity index is 1.72. The van der Waals surface area contributed by atoms with Gasteiger partial charge in [-0.2, -0.15) is 8.78 Å². The summed E-state index contributed by atoms with van der Waals surface area (Å²) in [7, 11) is 0. The third kappa shape index (κ3) is 3.41. The van der Waals surface area contributed by atoms with Crippen LogP contribution < -0.4 is 9.64 Å². The highest BCUT2D eigenvalue weighted by molar-refractivity contribution is 5.95. The molecular formula is C21H23F2N2O2+. The topological polar surface area (TPSA) is 35.7 Å². The average Bonchev–Trinajstić information content (AvgIpc) is 2.83. The lowest BCUT2D eigenvalue weighted by Gasteiger charge is -2.23. The van der Waals surface area contributed by atoms with Crippen molar-refractivity contribution in [2.45, 2.75) is 38.0 Å². The van der Waals surface area contributed by atoms with Crippen molar-refractivity contribution in [3.8, 4) is 5.75 Å². The molecular weight excluding hydrogens is 350 g/mol. The van der Waals surface area contributed by atoms with E-state index >= 15 is 0 Å². The van der Waals surface area contributed by atoms with Crippen LogP contribution in [-0.2, 0) is 5.72 Å². The number of rotatable bonds is 4. The molecule has 1 N–H and O–H groups in total. The van der Waals surface area contributed by atoms with Gasteiger partial charge in [-0.05, 0) is 55.7 Å². The van der Waals surface area contributed by atoms with E-state index in [-0.39, 0.29) is 5.75 Å². The zero-order chi connectivity index (χ0) is 18.9. The first-order chi connectivity index (χ1) is 13.1. The Hall–Kier alpha value is -2.47. The monoisotopic (exact) mass is 373 g/mol. The van der Waals surface area contributed by atoms with E-state index in [9.17, 15) is 13.9 Å². The third-order valence-corrected chi connectivity index (χ3v) is 5.34. The third-order valence-electron chi connectivity index (χ3n) is 5.34. The van der Waals surface area contributed by atoms with Crippen LogP contribution in [0.5, 0.6) is 5.75 Å². The predicted octanol–water partition coefficient (Wildman–Crippen LogP) is 3.94. The molecule has 4 rings (SSSR count). The number of benzene rings is 2. The van der Waals surface area contributed by atoms with Crippen molar-refractivity contribution >= 4 is 11.5 Å². The summed E-state index contributed by atoms with van der Waals surface area (Å²) < 4.78 is 31.3. The van der Waals surface area contributed by atoms with Crippen molar-refractivity contribution in [1.82, 2.24) is 0 Å². The van der Waals surface area contributed by atoms with Crippen LogP contribution in [0.15, 0.2) is 54.6 Å². The zero-order valence-corrected chi connectivity index (χ0v) is 15.0. The first-order valence-electron chi connectivity index (χ1n) is 9.32. The van der Waals surface area contributed by atoms with E-state index in [0.29, 0.717) is 12.1 Å². The lowest BCUT2D eigenvalue weighted by atomic mass is 10.0. The lowest BCUT2D eigenvalue weighted by Crippen LogP contribution is -2.41. The van der Waals surface area contributed by atoms with Gasteiger partial charge in [0.2, 0.25) is 0 Å². The Kier molecular flexibility index (Phi) is 4.83. The molecule has 0 amide bonds. The fourth-order valence-electron chi connectivity index (χ4n) is 4.07. The standard InChI is InChI=1S/C21H23F2N2O2/c22-20(23)27-18-12-10-16(11-13-18)21(26)15-24(17-7-3-1-4-8-17)19-9-5-2-6-14-25(19)21/h1,3-4,7-8,10-13,20,26H,2,5-6,9,14-15H2/q+1/t21-/m0/s1. The average molecular weight is 373 g/mol. The van der Waals surface area contributed by atoms with Gasteiger partial charge in [-0.1, -0.05) is 18.2 Å². The maximum absolute atomic E-state index is 12.4. The van der Waals surface area contributed by atoms with Gasteiger partial charge in [0.05, 0.1) is 6.54 Å². The molecule has 0 unspecified atom stereocenters. The maximum Gasteiger partial charge on any atom is 0.387 e. The molecule has 6 heteroatoms. The predicted molar refractivity (Wildman–Crippen MR) is 99.4 cm³/mol. The Morgan fingerprint density at radius 3 is 2.44 bits per heavy atom. The number of β-amino-alcohol motifs (C(OH)–C–C–N with tert-alkyl or cyclic N) is 1. The van der Waals surface area contributed by atoms with E-state index in [0.717, 1.165) is 43.8 Å². The Bertz CT molecular complexity index is 824. The molecule has 2 aliphatic rings. The summed E-state index contributed by atoms with van der Waals surface area (Å²) in [5, 5.41) is 11.7. The van der Waals surface area contributed by atoms with Gasteiger partial charge in [0.15, 0.2) is 6.54 Å². The fraction of sp³-hybridized carbons (Fsp3) is 0.381. The molecule has 0 aromatic heterocycles. The van der Waals surface area contributed by atoms with E-state index in [4.69, 9.17) is 0 Å². The Morgan fingerprint density at radius 2 is 1.74 bits per heavy atom. The van der Waals surface area contributed by atoms with Crippen molar-refractivity contribution in [2.24, 2.45) is 0 Å². The van der Waals surface area contributed by atoms with Crippen LogP contribution in [-0.4, -0.2) is 35.2 Å². The molecule has 4 nitrogen and oxygen atoms in total. The minimum absolute atomic E-state index is 0.0929. The molecule has 0 radical (unpaired) electrons. The van der Waals surface area contributed by atoms with Gasteiger partial charge in [-0.3, -0.25) is 0 Å². The summed E-state index contributed by atoms with van der Waals surface area (Å²) in [6.07, 6.45) is 4.14. The molecule has 2 heterocycles. The summed E-state index contributed by atoms with van der Waals surface area (Å²) in [6, 6.07) is 16.4. The molecule has 2 aromatic rings. The van der Waals surface area contributed by atoms with Gasteiger partial charge in [0.1, 0.15) is 11.4 Å². The number of hydrogen-bond donors (Lipinski definition) is 1. The highest BCUT2D eigenvalue weighted by atomic mass is 19.3. The lowest BCUT2D eigenvalue weighted by molar-refractivity contribution is -0.658. The van der Waals surface area contributed by atoms with E-state index in [1.54, 1.807) is 12.1 Å². The van der Waals surface area contributed by atoms with E-state index < -0.39 is 12.3 Å². The number of para-hydroxylation sites is 1. The van der Waals surface area contributed by atoms with Crippen LogP contribution in [0.2, 0.25) is 0 Å². The molecule has 2 aliphatic heterocycles. The molecule has 142 valence electrons. The maximum atomic E-state index is 12.4. The van der Waals surface area contributed by atoms with Crippen LogP contribution in [0.25, 0.3) is 0 Å². The van der Waals surface area contributed by atoms with E-state index in [2.05, 4.69) is 14.2 Å². The van der Waals surface area contributed by atoms with E-state index in [1.807, 2.05) is 30.3 Å². The SMILES string of the molecule is O[C@]1(c2ccc(OC(F)F)cc2)CN(c2ccccc2)C2=[N+]1CCCCC2. The number of hydrogen-bond acceptors (Lipinski definition) is 3. The van der Waals surface area contributed by atoms with Gasteiger partial charge in [-0.15, -0.1) is 0 Å². The highest BCUT2D eigenvalue weighted by Gasteiger charge is 2.51. The smallest absolute Gasteiger partial charge is 0.387 e. The molecule has 0 spiro atoms. The van der Waals surface area contributed by atoms with Crippen LogP contribution in [0.1, 0.15) is 31.2 Å². The van der Waals surface area contributed by atoms with Gasteiger partial charge >= 0.3 is 6.61 Å². The number of nitrogens with zero attached hydrogens (tertiary/aromatic N) is 2. The van der Waals surface area contributed by atoms with Gasteiger partial charge in [0.25, 0.3) is 11.6 Å². The number of anilines is 1. The largest absolute Gasteiger partial charge is 0.435 e. The van der Waals surface area contributed by atoms with Crippen molar-refractivity contribution < 1.29 is 23.2 Å². The molecule has 0 saturated carbocycles. The van der Waals surface area contributed by atoms with Gasteiger partial charge in [0, 0.05) is 12.0 Å². The first kappa shape index (κ1) is 17.9. The second-order valence-electron chi connectivity index (χ2n) is 7.02. The quantitative estimate of drug-likeness (QED) is 0.825. The van der Waals surface area contributed by atoms with E-state index in [1.165, 1.54) is 12.1 Å². The number of alkyl halides is 2. The Morgan fingerprint density at radius 1 is 1.00 bits per heavy atom. The first-order valence-corrected chi connectivity index (χ1v) is 9.32. The number of ether oxygens (including phenoxy) is 1. The molecule has 2 aromatic carbocycles. The molecule has 0 bridgehead atoms. The van der Waals surface area contributed by atoms with Crippen LogP contribution >= 0.6 is 0 Å². The number of aliphatic hydroxyl groups is 1. The summed E-state index contributed by atoms with van der Waals surface area (Å²) >= 11 is 0. The normalized spacial score (nSPS) is 22.7. The van der Waals surface area contributed by atoms with Crippen molar-refractivity contribution in [3.63, 3.8) is 0 Å². The molecule has 0 saturated heterocycles. The molecule has 0 fully saturated rings. The Labute approximate surface area is 157 Å². The number of halogens is 2. The molecule has 0 aliphatic carbocycles. The molecule has 27 heavy (non-hydrogen) atoms. The number of amidine groups is 1. The van der Waals surface area contributed by atoms with Crippen LogP contribution in [0.4, 0.5) is 14.5 Å². The van der Waals surface area contributed by atoms with Gasteiger partial charge in [-0.25, -0.2) is 9.48 Å². The second-order valence-corrected chi connectivity index (χ2v) is 7.02. The summed E-state index contributed by atoms with van der Waals surface area (Å²) in [4.78, 5) is 2.18. The summed E-state index contributed by atoms with van der Waals surface area (Å²) in [6.45, 7) is -1.68. The zero-order valence-electron chi connectivity index (χ0n) is 15.0. The second kappa shape index (κ2) is 7.27. The van der Waals surface area contributed by atoms with Crippen LogP contribution in [0.3, 0.4) is 0 Å². The fourth-order valence-corrected chi connectivity index (χ4v) is 4.07. The summed E-state index contributed by atoms with van der Waals surface area (Å²) in [5.74, 6) is 1.21. The van der Waals surface area contributed by atoms with Crippen LogP contribution in [0, 0.1) is 0 Å².